The third-order valence-corrected chi connectivity index (χ3v) is 3.89. The second kappa shape index (κ2) is 7.65. The molecule has 1 saturated heterocycles. The first-order valence-corrected chi connectivity index (χ1v) is 7.75. The van der Waals surface area contributed by atoms with Gasteiger partial charge in [0.15, 0.2) is 0 Å². The Morgan fingerprint density at radius 3 is 2.80 bits per heavy atom. The lowest BCUT2D eigenvalue weighted by Crippen LogP contribution is -2.39. The summed E-state index contributed by atoms with van der Waals surface area (Å²) in [6.45, 7) is 9.04. The number of hydrogen-bond acceptors (Lipinski definition) is 3. The minimum Gasteiger partial charge on any atom is -0.492 e. The number of para-hydroxylation sites is 1. The van der Waals surface area contributed by atoms with Gasteiger partial charge in [0, 0.05) is 19.2 Å². The number of ether oxygens (including phenoxy) is 2. The van der Waals surface area contributed by atoms with Crippen LogP contribution in [0.3, 0.4) is 0 Å². The molecule has 2 unspecified atom stereocenters. The van der Waals surface area contributed by atoms with E-state index in [-0.39, 0.29) is 0 Å². The summed E-state index contributed by atoms with van der Waals surface area (Å²) in [4.78, 5) is 0. The van der Waals surface area contributed by atoms with Crippen LogP contribution in [-0.4, -0.2) is 31.9 Å². The molecule has 0 aliphatic carbocycles. The summed E-state index contributed by atoms with van der Waals surface area (Å²) in [5.41, 5.74) is 1.28. The topological polar surface area (TPSA) is 30.5 Å². The van der Waals surface area contributed by atoms with Crippen LogP contribution in [0.2, 0.25) is 0 Å². The van der Waals surface area contributed by atoms with Gasteiger partial charge in [-0.15, -0.1) is 0 Å². The van der Waals surface area contributed by atoms with Gasteiger partial charge in [0.1, 0.15) is 12.4 Å². The van der Waals surface area contributed by atoms with Crippen LogP contribution in [0.1, 0.15) is 45.1 Å². The van der Waals surface area contributed by atoms with Crippen molar-refractivity contribution in [3.8, 4) is 5.75 Å². The Balaban J connectivity index is 1.73. The smallest absolute Gasteiger partial charge is 0.122 e. The molecule has 2 atom stereocenters. The van der Waals surface area contributed by atoms with Crippen LogP contribution in [-0.2, 0) is 4.74 Å². The van der Waals surface area contributed by atoms with E-state index >= 15 is 0 Å². The van der Waals surface area contributed by atoms with Crippen molar-refractivity contribution in [3.63, 3.8) is 0 Å². The summed E-state index contributed by atoms with van der Waals surface area (Å²) in [7, 11) is 0. The fourth-order valence-corrected chi connectivity index (χ4v) is 2.66. The van der Waals surface area contributed by atoms with Gasteiger partial charge in [0.05, 0.1) is 6.10 Å². The van der Waals surface area contributed by atoms with Gasteiger partial charge in [0.25, 0.3) is 0 Å². The molecule has 0 saturated carbocycles. The second-order valence-corrected chi connectivity index (χ2v) is 5.84. The Kier molecular flexibility index (Phi) is 5.86. The molecule has 20 heavy (non-hydrogen) atoms. The van der Waals surface area contributed by atoms with E-state index in [0.29, 0.717) is 24.7 Å². The highest BCUT2D eigenvalue weighted by atomic mass is 16.5. The van der Waals surface area contributed by atoms with Crippen LogP contribution in [0.4, 0.5) is 0 Å². The van der Waals surface area contributed by atoms with E-state index in [4.69, 9.17) is 9.47 Å². The minimum absolute atomic E-state index is 0.373. The molecule has 2 rings (SSSR count). The average molecular weight is 277 g/mol. The molecule has 0 aromatic heterocycles. The van der Waals surface area contributed by atoms with Crippen LogP contribution in [0.25, 0.3) is 0 Å². The number of benzene rings is 1. The molecular formula is C17H27NO2. The van der Waals surface area contributed by atoms with Crippen molar-refractivity contribution >= 4 is 0 Å². The molecule has 3 heteroatoms. The highest BCUT2D eigenvalue weighted by molar-refractivity contribution is 5.35. The summed E-state index contributed by atoms with van der Waals surface area (Å²) < 4.78 is 11.6. The lowest BCUT2D eigenvalue weighted by Gasteiger charge is -2.20. The minimum atomic E-state index is 0.373. The Labute approximate surface area is 122 Å². The van der Waals surface area contributed by atoms with E-state index in [2.05, 4.69) is 44.3 Å². The van der Waals surface area contributed by atoms with Crippen molar-refractivity contribution in [3.05, 3.63) is 29.8 Å². The van der Waals surface area contributed by atoms with Crippen LogP contribution in [0.15, 0.2) is 24.3 Å². The molecule has 1 aromatic rings. The van der Waals surface area contributed by atoms with E-state index in [1.165, 1.54) is 18.4 Å². The standard InChI is InChI=1S/C17H27NO2/c1-13(2)15-7-4-5-8-17(15)20-12-10-18-14(3)16-9-6-11-19-16/h4-5,7-8,13-14,16,18H,6,9-12H2,1-3H3. The van der Waals surface area contributed by atoms with Crippen LogP contribution in [0, 0.1) is 0 Å². The maximum Gasteiger partial charge on any atom is 0.122 e. The number of rotatable bonds is 7. The number of nitrogens with one attached hydrogen (secondary N) is 1. The molecule has 0 radical (unpaired) electrons. The van der Waals surface area contributed by atoms with Gasteiger partial charge in [-0.1, -0.05) is 32.0 Å². The largest absolute Gasteiger partial charge is 0.492 e. The van der Waals surface area contributed by atoms with Crippen LogP contribution in [0.5, 0.6) is 5.75 Å². The molecule has 112 valence electrons. The summed E-state index contributed by atoms with van der Waals surface area (Å²) in [5.74, 6) is 1.50. The first-order chi connectivity index (χ1) is 9.68. The van der Waals surface area contributed by atoms with Gasteiger partial charge >= 0.3 is 0 Å². The third-order valence-electron chi connectivity index (χ3n) is 3.89. The van der Waals surface area contributed by atoms with E-state index in [1.54, 1.807) is 0 Å². The molecule has 1 N–H and O–H groups in total. The van der Waals surface area contributed by atoms with Gasteiger partial charge in [0.2, 0.25) is 0 Å². The van der Waals surface area contributed by atoms with Gasteiger partial charge in [-0.3, -0.25) is 0 Å². The van der Waals surface area contributed by atoms with Gasteiger partial charge in [-0.25, -0.2) is 0 Å². The van der Waals surface area contributed by atoms with Crippen molar-refractivity contribution in [2.75, 3.05) is 19.8 Å². The quantitative estimate of drug-likeness (QED) is 0.775. The number of hydrogen-bond donors (Lipinski definition) is 1. The fraction of sp³-hybridized carbons (Fsp3) is 0.647. The summed E-state index contributed by atoms with van der Waals surface area (Å²) in [5, 5.41) is 3.49. The molecule has 1 aromatic carbocycles. The molecule has 0 spiro atoms. The normalized spacial score (nSPS) is 20.3. The zero-order valence-electron chi connectivity index (χ0n) is 12.9. The Hall–Kier alpha value is -1.06. The van der Waals surface area contributed by atoms with Crippen LogP contribution < -0.4 is 10.1 Å². The first kappa shape index (κ1) is 15.3. The molecule has 1 fully saturated rings. The molecule has 1 aliphatic rings. The highest BCUT2D eigenvalue weighted by Gasteiger charge is 2.21. The van der Waals surface area contributed by atoms with E-state index < -0.39 is 0 Å². The average Bonchev–Trinajstić information content (AvgIpc) is 2.98. The van der Waals surface area contributed by atoms with Gasteiger partial charge < -0.3 is 14.8 Å². The molecule has 0 amide bonds. The van der Waals surface area contributed by atoms with E-state index in [9.17, 15) is 0 Å². The molecule has 3 nitrogen and oxygen atoms in total. The maximum absolute atomic E-state index is 5.91. The summed E-state index contributed by atoms with van der Waals surface area (Å²) in [6, 6.07) is 8.70. The Morgan fingerprint density at radius 1 is 1.30 bits per heavy atom. The van der Waals surface area contributed by atoms with Crippen molar-refractivity contribution < 1.29 is 9.47 Å². The highest BCUT2D eigenvalue weighted by Crippen LogP contribution is 2.25. The fourth-order valence-electron chi connectivity index (χ4n) is 2.66. The lowest BCUT2D eigenvalue weighted by molar-refractivity contribution is 0.0824. The second-order valence-electron chi connectivity index (χ2n) is 5.84. The van der Waals surface area contributed by atoms with Gasteiger partial charge in [-0.2, -0.15) is 0 Å². The van der Waals surface area contributed by atoms with Crippen molar-refractivity contribution in [1.82, 2.24) is 5.32 Å². The zero-order valence-corrected chi connectivity index (χ0v) is 12.9. The summed E-state index contributed by atoms with van der Waals surface area (Å²) >= 11 is 0. The Bertz CT molecular complexity index is 400. The maximum atomic E-state index is 5.91. The first-order valence-electron chi connectivity index (χ1n) is 7.75. The third kappa shape index (κ3) is 4.22. The predicted octanol–water partition coefficient (Wildman–Crippen LogP) is 3.35. The zero-order chi connectivity index (χ0) is 14.4. The van der Waals surface area contributed by atoms with E-state index in [1.807, 2.05) is 6.07 Å². The monoisotopic (exact) mass is 277 g/mol. The van der Waals surface area contributed by atoms with Crippen molar-refractivity contribution in [2.24, 2.45) is 0 Å². The van der Waals surface area contributed by atoms with Crippen molar-refractivity contribution in [2.45, 2.75) is 51.7 Å². The molecule has 1 aliphatic heterocycles. The van der Waals surface area contributed by atoms with E-state index in [0.717, 1.165) is 18.9 Å². The SMILES string of the molecule is CC(C)c1ccccc1OCCNC(C)C1CCCO1. The van der Waals surface area contributed by atoms with Crippen molar-refractivity contribution in [1.29, 1.82) is 0 Å². The molecule has 1 heterocycles. The predicted molar refractivity (Wildman–Crippen MR) is 82.5 cm³/mol. The van der Waals surface area contributed by atoms with Crippen LogP contribution >= 0.6 is 0 Å². The molecular weight excluding hydrogens is 250 g/mol. The van der Waals surface area contributed by atoms with Gasteiger partial charge in [-0.05, 0) is 37.3 Å². The Morgan fingerprint density at radius 2 is 2.10 bits per heavy atom. The summed E-state index contributed by atoms with van der Waals surface area (Å²) in [6.07, 6.45) is 2.73. The molecule has 0 bridgehead atoms. The lowest BCUT2D eigenvalue weighted by atomic mass is 10.0.